The third-order valence-electron chi connectivity index (χ3n) is 7.45. The molecule has 0 aliphatic rings. The van der Waals surface area contributed by atoms with Gasteiger partial charge in [0.05, 0.1) is 18.1 Å². The first-order chi connectivity index (χ1) is 20.8. The second-order valence-corrected chi connectivity index (χ2v) is 12.1. The average molecular weight is 611 g/mol. The monoisotopic (exact) mass is 610 g/mol. The lowest BCUT2D eigenvalue weighted by molar-refractivity contribution is -0.135. The van der Waals surface area contributed by atoms with E-state index in [0.29, 0.717) is 19.6 Å². The minimum absolute atomic E-state index is 0.00386. The number of hydrogen-bond donors (Lipinski definition) is 5. The summed E-state index contributed by atoms with van der Waals surface area (Å²) in [7, 11) is 0. The zero-order chi connectivity index (χ0) is 33.0. The molecule has 0 bridgehead atoms. The molecule has 4 amide bonds. The number of amides is 4. The number of nitrogens with two attached hydrogens (primary N) is 1. The number of nitrogens with zero attached hydrogens (tertiary/aromatic N) is 1. The van der Waals surface area contributed by atoms with Gasteiger partial charge >= 0.3 is 0 Å². The zero-order valence-electron chi connectivity index (χ0n) is 26.9. The van der Waals surface area contributed by atoms with Crippen molar-refractivity contribution in [3.63, 3.8) is 0 Å². The van der Waals surface area contributed by atoms with Crippen molar-refractivity contribution in [2.75, 3.05) is 19.6 Å². The lowest BCUT2D eigenvalue weighted by atomic mass is 9.83. The lowest BCUT2D eigenvalue weighted by Crippen LogP contribution is -2.55. The third-order valence-corrected chi connectivity index (χ3v) is 7.45. The summed E-state index contributed by atoms with van der Waals surface area (Å²) in [5.74, 6) is -3.23. The van der Waals surface area contributed by atoms with Gasteiger partial charge in [-0.3, -0.25) is 19.2 Å². The van der Waals surface area contributed by atoms with Crippen LogP contribution in [0.3, 0.4) is 0 Å². The van der Waals surface area contributed by atoms with Crippen molar-refractivity contribution in [2.24, 2.45) is 23.5 Å². The fraction of sp³-hybridized carbons (Fsp3) is 0.529. The van der Waals surface area contributed by atoms with E-state index in [4.69, 9.17) is 5.73 Å². The first-order valence-corrected chi connectivity index (χ1v) is 15.5. The van der Waals surface area contributed by atoms with Gasteiger partial charge < -0.3 is 31.5 Å². The van der Waals surface area contributed by atoms with Gasteiger partial charge in [0.15, 0.2) is 0 Å². The molecule has 0 radical (unpaired) electrons. The van der Waals surface area contributed by atoms with Crippen LogP contribution in [0.2, 0.25) is 0 Å². The molecule has 0 saturated carbocycles. The van der Waals surface area contributed by atoms with Crippen molar-refractivity contribution in [3.8, 4) is 0 Å². The SMILES string of the molecule is CCCN(CCC)C(=O)c1cc(C(N)=O)cc(C(=O)N[C@@H](Cc2ccccc2)[C@@H](O)[C@H](O)[C@H](C(=O)NCC(C)C)C(C)C)c1. The van der Waals surface area contributed by atoms with E-state index in [0.717, 1.165) is 18.4 Å². The van der Waals surface area contributed by atoms with Crippen molar-refractivity contribution in [1.29, 1.82) is 0 Å². The maximum Gasteiger partial charge on any atom is 0.253 e. The van der Waals surface area contributed by atoms with Gasteiger partial charge in [-0.1, -0.05) is 71.9 Å². The van der Waals surface area contributed by atoms with Crippen molar-refractivity contribution < 1.29 is 29.4 Å². The zero-order valence-corrected chi connectivity index (χ0v) is 26.9. The molecule has 2 aromatic rings. The summed E-state index contributed by atoms with van der Waals surface area (Å²) in [5, 5.41) is 28.5. The van der Waals surface area contributed by atoms with E-state index in [9.17, 15) is 29.4 Å². The number of aliphatic hydroxyl groups excluding tert-OH is 2. The Morgan fingerprint density at radius 2 is 1.41 bits per heavy atom. The summed E-state index contributed by atoms with van der Waals surface area (Å²) in [6, 6.07) is 12.2. The first-order valence-electron chi connectivity index (χ1n) is 15.5. The van der Waals surface area contributed by atoms with Gasteiger partial charge in [0, 0.05) is 36.3 Å². The van der Waals surface area contributed by atoms with Gasteiger partial charge in [0.1, 0.15) is 6.10 Å². The highest BCUT2D eigenvalue weighted by atomic mass is 16.3. The number of primary amides is 1. The second-order valence-electron chi connectivity index (χ2n) is 12.1. The molecule has 0 aromatic heterocycles. The van der Waals surface area contributed by atoms with Crippen molar-refractivity contribution in [2.45, 2.75) is 79.1 Å². The Kier molecular flexibility index (Phi) is 14.5. The quantitative estimate of drug-likeness (QED) is 0.185. The summed E-state index contributed by atoms with van der Waals surface area (Å²) >= 11 is 0. The molecule has 0 spiro atoms. The smallest absolute Gasteiger partial charge is 0.253 e. The third kappa shape index (κ3) is 10.4. The molecule has 0 fully saturated rings. The number of rotatable bonds is 17. The predicted molar refractivity (Wildman–Crippen MR) is 171 cm³/mol. The van der Waals surface area contributed by atoms with Gasteiger partial charge in [-0.25, -0.2) is 0 Å². The van der Waals surface area contributed by atoms with Crippen LogP contribution in [0.1, 0.15) is 91.0 Å². The van der Waals surface area contributed by atoms with Crippen LogP contribution in [0.4, 0.5) is 0 Å². The Labute approximate surface area is 261 Å². The molecule has 10 nitrogen and oxygen atoms in total. The van der Waals surface area contributed by atoms with Gasteiger partial charge in [0.25, 0.3) is 11.8 Å². The first kappa shape index (κ1) is 36.4. The molecule has 2 aromatic carbocycles. The van der Waals surface area contributed by atoms with E-state index in [1.807, 2.05) is 58.0 Å². The highest BCUT2D eigenvalue weighted by Crippen LogP contribution is 2.22. The summed E-state index contributed by atoms with van der Waals surface area (Å²) in [4.78, 5) is 54.0. The Bertz CT molecular complexity index is 1240. The lowest BCUT2D eigenvalue weighted by Gasteiger charge is -2.33. The normalized spacial score (nSPS) is 14.0. The highest BCUT2D eigenvalue weighted by molar-refractivity contribution is 6.04. The molecule has 0 aliphatic carbocycles. The number of carbonyl (C=O) groups excluding carboxylic acids is 4. The van der Waals surface area contributed by atoms with Crippen molar-refractivity contribution in [1.82, 2.24) is 15.5 Å². The van der Waals surface area contributed by atoms with Crippen LogP contribution in [0, 0.1) is 17.8 Å². The van der Waals surface area contributed by atoms with Crippen LogP contribution < -0.4 is 16.4 Å². The van der Waals surface area contributed by atoms with E-state index < -0.39 is 36.0 Å². The van der Waals surface area contributed by atoms with Gasteiger partial charge in [-0.15, -0.1) is 0 Å². The molecule has 4 atom stereocenters. The van der Waals surface area contributed by atoms with Crippen LogP contribution in [0.5, 0.6) is 0 Å². The number of carbonyl (C=O) groups is 4. The maximum absolute atomic E-state index is 13.7. The average Bonchev–Trinajstić information content (AvgIpc) is 2.98. The van der Waals surface area contributed by atoms with Crippen LogP contribution in [-0.4, -0.2) is 76.6 Å². The topological polar surface area (TPSA) is 162 Å². The molecule has 2 rings (SSSR count). The van der Waals surface area contributed by atoms with E-state index in [1.165, 1.54) is 18.2 Å². The molecular weight excluding hydrogens is 560 g/mol. The van der Waals surface area contributed by atoms with Crippen LogP contribution in [0.25, 0.3) is 0 Å². The summed E-state index contributed by atoms with van der Waals surface area (Å²) in [6.07, 6.45) is -1.40. The molecule has 44 heavy (non-hydrogen) atoms. The Balaban J connectivity index is 2.47. The number of nitrogens with one attached hydrogen (secondary N) is 2. The Morgan fingerprint density at radius 1 is 0.841 bits per heavy atom. The number of aliphatic hydroxyl groups is 2. The summed E-state index contributed by atoms with van der Waals surface area (Å²) in [5.41, 5.74) is 6.50. The van der Waals surface area contributed by atoms with E-state index in [2.05, 4.69) is 10.6 Å². The minimum atomic E-state index is -1.53. The largest absolute Gasteiger partial charge is 0.390 e. The summed E-state index contributed by atoms with van der Waals surface area (Å²) in [6.45, 7) is 12.8. The molecule has 0 unspecified atom stereocenters. The molecule has 0 saturated heterocycles. The Morgan fingerprint density at radius 3 is 1.93 bits per heavy atom. The fourth-order valence-corrected chi connectivity index (χ4v) is 5.16. The van der Waals surface area contributed by atoms with Gasteiger partial charge in [-0.2, -0.15) is 0 Å². The van der Waals surface area contributed by atoms with E-state index in [-0.39, 0.29) is 46.8 Å². The van der Waals surface area contributed by atoms with Crippen LogP contribution >= 0.6 is 0 Å². The standard InChI is InChI=1S/C34H50N4O6/c1-7-14-38(15-8-2)34(44)26-18-24(31(35)41)17-25(19-26)32(42)37-27(16-23-12-10-9-11-13-23)29(39)30(40)28(22(5)6)33(43)36-20-21(3)4/h9-13,17-19,21-22,27-30,39-40H,7-8,14-16,20H2,1-6H3,(H2,35,41)(H,36,43)(H,37,42)/t27-,28+,29+,30+/m0/s1. The second kappa shape index (κ2) is 17.5. The molecular formula is C34H50N4O6. The fourth-order valence-electron chi connectivity index (χ4n) is 5.16. The summed E-state index contributed by atoms with van der Waals surface area (Å²) < 4.78 is 0. The molecule has 242 valence electrons. The predicted octanol–water partition coefficient (Wildman–Crippen LogP) is 3.16. The van der Waals surface area contributed by atoms with Gasteiger partial charge in [-0.05, 0) is 54.9 Å². The van der Waals surface area contributed by atoms with Crippen LogP contribution in [-0.2, 0) is 11.2 Å². The van der Waals surface area contributed by atoms with E-state index in [1.54, 1.807) is 18.7 Å². The van der Waals surface area contributed by atoms with Crippen molar-refractivity contribution in [3.05, 3.63) is 70.8 Å². The molecule has 10 heteroatoms. The molecule has 6 N–H and O–H groups in total. The number of benzene rings is 2. The minimum Gasteiger partial charge on any atom is -0.390 e. The van der Waals surface area contributed by atoms with E-state index >= 15 is 0 Å². The van der Waals surface area contributed by atoms with Crippen molar-refractivity contribution >= 4 is 23.6 Å². The molecule has 0 aliphatic heterocycles. The molecule has 0 heterocycles. The van der Waals surface area contributed by atoms with Gasteiger partial charge in [0.2, 0.25) is 11.8 Å². The van der Waals surface area contributed by atoms with Crippen LogP contribution in [0.15, 0.2) is 48.5 Å². The Hall–Kier alpha value is -3.76. The number of hydrogen-bond acceptors (Lipinski definition) is 6. The maximum atomic E-state index is 13.7. The highest BCUT2D eigenvalue weighted by Gasteiger charge is 2.38.